The van der Waals surface area contributed by atoms with E-state index >= 15 is 0 Å². The van der Waals surface area contributed by atoms with E-state index in [1.54, 1.807) is 0 Å². The van der Waals surface area contributed by atoms with Crippen LogP contribution in [0.3, 0.4) is 0 Å². The maximum Gasteiger partial charge on any atom is 0.202 e. The summed E-state index contributed by atoms with van der Waals surface area (Å²) >= 11 is 0. The molecule has 3 fully saturated rings. The summed E-state index contributed by atoms with van der Waals surface area (Å²) < 4.78 is 5.78. The van der Waals surface area contributed by atoms with Crippen molar-refractivity contribution >= 4 is 11.6 Å². The van der Waals surface area contributed by atoms with Gasteiger partial charge in [-0.3, -0.25) is 9.59 Å². The van der Waals surface area contributed by atoms with Crippen molar-refractivity contribution in [2.45, 2.75) is 61.1 Å². The van der Waals surface area contributed by atoms with Crippen LogP contribution >= 0.6 is 0 Å². The molecule has 6 unspecified atom stereocenters. The van der Waals surface area contributed by atoms with Gasteiger partial charge in [0.15, 0.2) is 11.4 Å². The van der Waals surface area contributed by atoms with Gasteiger partial charge in [0, 0.05) is 17.5 Å². The molecule has 7 heteroatoms. The lowest BCUT2D eigenvalue weighted by Gasteiger charge is -2.54. The number of ether oxygens (including phenoxy) is 1. The van der Waals surface area contributed by atoms with Crippen LogP contribution in [0.4, 0.5) is 0 Å². The largest absolute Gasteiger partial charge is 0.508 e. The molecule has 1 aliphatic heterocycles. The van der Waals surface area contributed by atoms with Crippen LogP contribution in [0.2, 0.25) is 0 Å². The zero-order valence-corrected chi connectivity index (χ0v) is 14.2. The number of aliphatic hydroxyl groups is 3. The maximum atomic E-state index is 13.4. The number of hydrogen-bond acceptors (Lipinski definition) is 7. The van der Waals surface area contributed by atoms with E-state index in [9.17, 15) is 30.0 Å². The average molecular weight is 360 g/mol. The van der Waals surface area contributed by atoms with E-state index in [0.29, 0.717) is 0 Å². The zero-order chi connectivity index (χ0) is 18.7. The number of ketones is 2. The zero-order valence-electron chi connectivity index (χ0n) is 14.2. The lowest BCUT2D eigenvalue weighted by atomic mass is 9.50. The van der Waals surface area contributed by atoms with E-state index in [1.165, 1.54) is 18.2 Å². The molecule has 0 amide bonds. The molecule has 2 saturated carbocycles. The third-order valence-corrected chi connectivity index (χ3v) is 6.97. The second-order valence-electron chi connectivity index (χ2n) is 8.32. The third kappa shape index (κ3) is 1.37. The van der Waals surface area contributed by atoms with Crippen LogP contribution in [-0.2, 0) is 9.53 Å². The van der Waals surface area contributed by atoms with E-state index in [-0.39, 0.29) is 48.5 Å². The van der Waals surface area contributed by atoms with Crippen molar-refractivity contribution in [3.63, 3.8) is 0 Å². The summed E-state index contributed by atoms with van der Waals surface area (Å²) in [6, 6.07) is 4.24. The van der Waals surface area contributed by atoms with Crippen molar-refractivity contribution in [1.29, 1.82) is 0 Å². The predicted molar refractivity (Wildman–Crippen MR) is 86.5 cm³/mol. The number of fused-ring (bicyclic) bond motifs is 2. The predicted octanol–water partition coefficient (Wildman–Crippen LogP) is 0.385. The first-order valence-electron chi connectivity index (χ1n) is 8.87. The molecule has 0 aromatic heterocycles. The fourth-order valence-electron chi connectivity index (χ4n) is 5.82. The van der Waals surface area contributed by atoms with Crippen LogP contribution in [0, 0.1) is 5.92 Å². The molecule has 0 radical (unpaired) electrons. The summed E-state index contributed by atoms with van der Waals surface area (Å²) in [4.78, 5) is 26.3. The molecular formula is C19H20O7. The first-order valence-corrected chi connectivity index (χ1v) is 8.87. The van der Waals surface area contributed by atoms with Crippen LogP contribution in [0.15, 0.2) is 18.2 Å². The van der Waals surface area contributed by atoms with Crippen molar-refractivity contribution in [1.82, 2.24) is 0 Å². The Bertz CT molecular complexity index is 881. The minimum Gasteiger partial charge on any atom is -0.508 e. The number of aromatic hydroxyl groups is 1. The molecular weight excluding hydrogens is 340 g/mol. The smallest absolute Gasteiger partial charge is 0.202 e. The average Bonchev–Trinajstić information content (AvgIpc) is 3.29. The molecule has 4 N–H and O–H groups in total. The van der Waals surface area contributed by atoms with Gasteiger partial charge < -0.3 is 25.2 Å². The number of aliphatic hydroxyl groups excluding tert-OH is 1. The van der Waals surface area contributed by atoms with Crippen LogP contribution in [0.25, 0.3) is 0 Å². The van der Waals surface area contributed by atoms with Crippen LogP contribution in [0.5, 0.6) is 5.75 Å². The van der Waals surface area contributed by atoms with Gasteiger partial charge in [-0.1, -0.05) is 19.1 Å². The molecule has 6 atom stereocenters. The Morgan fingerprint density at radius 3 is 2.65 bits per heavy atom. The molecule has 1 saturated heterocycles. The topological polar surface area (TPSA) is 128 Å². The minimum atomic E-state index is -2.41. The lowest BCUT2D eigenvalue weighted by molar-refractivity contribution is -0.214. The number of carbonyl (C=O) groups excluding carboxylic acids is 2. The molecule has 4 aliphatic rings. The molecule has 138 valence electrons. The molecule has 0 spiro atoms. The van der Waals surface area contributed by atoms with Gasteiger partial charge >= 0.3 is 0 Å². The first kappa shape index (κ1) is 16.4. The Hall–Kier alpha value is -1.80. The summed E-state index contributed by atoms with van der Waals surface area (Å²) in [5, 5.41) is 43.8. The highest BCUT2D eigenvalue weighted by Gasteiger charge is 2.93. The van der Waals surface area contributed by atoms with E-state index in [0.717, 1.165) is 0 Å². The molecule has 5 rings (SSSR count). The van der Waals surface area contributed by atoms with Gasteiger partial charge in [-0.25, -0.2) is 0 Å². The quantitative estimate of drug-likeness (QED) is 0.493. The summed E-state index contributed by atoms with van der Waals surface area (Å²) in [5.74, 6) is -1.67. The molecule has 1 aromatic rings. The second kappa shape index (κ2) is 4.36. The van der Waals surface area contributed by atoms with E-state index in [4.69, 9.17) is 4.74 Å². The maximum absolute atomic E-state index is 13.4. The normalized spacial score (nSPS) is 48.9. The Morgan fingerprint density at radius 1 is 1.19 bits per heavy atom. The SMILES string of the molecule is CC1CC(=O)C2(O)C(O)(CCC34OC32C(=O)c2cccc(O)c2C4O)C1. The number of phenolic OH excluding ortho intramolecular Hbond substituents is 1. The number of phenols is 1. The Balaban J connectivity index is 1.78. The van der Waals surface area contributed by atoms with Gasteiger partial charge in [0.1, 0.15) is 23.1 Å². The highest BCUT2D eigenvalue weighted by molar-refractivity contribution is 6.14. The van der Waals surface area contributed by atoms with Crippen molar-refractivity contribution in [2.24, 2.45) is 5.92 Å². The lowest BCUT2D eigenvalue weighted by Crippen LogP contribution is -2.77. The summed E-state index contributed by atoms with van der Waals surface area (Å²) in [6.07, 6.45) is -1.05. The standard InChI is InChI=1S/C19H20O7/c1-9-7-12(21)18(25)16(24,8-9)5-6-17-15(23)13-10(3-2-4-11(13)20)14(22)19(17,18)26-17/h2-4,9,15,20,23-25H,5-8H2,1H3. The fourth-order valence-corrected chi connectivity index (χ4v) is 5.82. The van der Waals surface area contributed by atoms with Gasteiger partial charge in [0.2, 0.25) is 11.4 Å². The van der Waals surface area contributed by atoms with Crippen molar-refractivity contribution in [3.8, 4) is 5.75 Å². The van der Waals surface area contributed by atoms with Gasteiger partial charge in [-0.15, -0.1) is 0 Å². The van der Waals surface area contributed by atoms with Gasteiger partial charge in [-0.2, -0.15) is 0 Å². The van der Waals surface area contributed by atoms with Crippen LogP contribution < -0.4 is 0 Å². The van der Waals surface area contributed by atoms with Crippen LogP contribution in [0.1, 0.15) is 54.6 Å². The summed E-state index contributed by atoms with van der Waals surface area (Å²) in [6.45, 7) is 1.81. The number of rotatable bonds is 0. The van der Waals surface area contributed by atoms with E-state index < -0.39 is 40.1 Å². The van der Waals surface area contributed by atoms with E-state index in [1.807, 2.05) is 6.92 Å². The number of hydrogen-bond donors (Lipinski definition) is 4. The van der Waals surface area contributed by atoms with Gasteiger partial charge in [0.25, 0.3) is 0 Å². The Labute approximate surface area is 149 Å². The molecule has 1 aromatic carbocycles. The van der Waals surface area contributed by atoms with Crippen LogP contribution in [-0.4, -0.2) is 54.4 Å². The summed E-state index contributed by atoms with van der Waals surface area (Å²) in [7, 11) is 0. The highest BCUT2D eigenvalue weighted by Crippen LogP contribution is 2.73. The fraction of sp³-hybridized carbons (Fsp3) is 0.579. The van der Waals surface area contributed by atoms with Gasteiger partial charge in [0.05, 0.1) is 0 Å². The number of carbonyl (C=O) groups is 2. The minimum absolute atomic E-state index is 0.00900. The van der Waals surface area contributed by atoms with Crippen molar-refractivity contribution in [2.75, 3.05) is 0 Å². The van der Waals surface area contributed by atoms with E-state index in [2.05, 4.69) is 0 Å². The number of epoxide rings is 1. The first-order chi connectivity index (χ1) is 12.1. The Morgan fingerprint density at radius 2 is 1.92 bits per heavy atom. The third-order valence-electron chi connectivity index (χ3n) is 6.97. The molecule has 7 nitrogen and oxygen atoms in total. The molecule has 1 heterocycles. The second-order valence-corrected chi connectivity index (χ2v) is 8.32. The highest BCUT2D eigenvalue weighted by atomic mass is 16.7. The molecule has 26 heavy (non-hydrogen) atoms. The van der Waals surface area contributed by atoms with Crippen molar-refractivity contribution < 1.29 is 34.8 Å². The monoisotopic (exact) mass is 360 g/mol. The number of benzene rings is 1. The number of Topliss-reactive ketones (excluding diaryl/α,β-unsaturated/α-hetero) is 2. The molecule has 3 aliphatic carbocycles. The Kier molecular flexibility index (Phi) is 2.75. The molecule has 0 bridgehead atoms. The summed E-state index contributed by atoms with van der Waals surface area (Å²) in [5.41, 5.74) is -7.65. The van der Waals surface area contributed by atoms with Crippen molar-refractivity contribution in [3.05, 3.63) is 29.3 Å². The van der Waals surface area contributed by atoms with Gasteiger partial charge in [-0.05, 0) is 31.2 Å².